The normalized spacial score (nSPS) is 28.2. The third kappa shape index (κ3) is 2.85. The van der Waals surface area contributed by atoms with Gasteiger partial charge in [0.05, 0.1) is 5.92 Å². The van der Waals surface area contributed by atoms with E-state index in [-0.39, 0.29) is 17.7 Å². The SMILES string of the molecule is O=C(O)C1CC2CCC1N2Cc1ccc(OC(F)F)cc1. The summed E-state index contributed by atoms with van der Waals surface area (Å²) in [4.78, 5) is 13.5. The summed E-state index contributed by atoms with van der Waals surface area (Å²) in [5.74, 6) is -0.848. The van der Waals surface area contributed by atoms with Crippen LogP contribution in [0.3, 0.4) is 0 Å². The van der Waals surface area contributed by atoms with Gasteiger partial charge < -0.3 is 9.84 Å². The summed E-state index contributed by atoms with van der Waals surface area (Å²) in [6, 6.07) is 6.98. The van der Waals surface area contributed by atoms with Crippen molar-refractivity contribution in [3.05, 3.63) is 29.8 Å². The van der Waals surface area contributed by atoms with E-state index in [0.717, 1.165) is 18.4 Å². The summed E-state index contributed by atoms with van der Waals surface area (Å²) in [6.45, 7) is -2.16. The van der Waals surface area contributed by atoms with Crippen molar-refractivity contribution >= 4 is 5.97 Å². The molecule has 2 heterocycles. The summed E-state index contributed by atoms with van der Waals surface area (Å²) in [7, 11) is 0. The lowest BCUT2D eigenvalue weighted by Gasteiger charge is -2.22. The number of hydrogen-bond donors (Lipinski definition) is 1. The molecule has 2 aliphatic heterocycles. The van der Waals surface area contributed by atoms with E-state index in [1.807, 2.05) is 0 Å². The molecular formula is C15H17F2NO3. The van der Waals surface area contributed by atoms with Crippen molar-refractivity contribution in [3.63, 3.8) is 0 Å². The summed E-state index contributed by atoms with van der Waals surface area (Å²) >= 11 is 0. The predicted molar refractivity (Wildman–Crippen MR) is 71.2 cm³/mol. The quantitative estimate of drug-likeness (QED) is 0.908. The van der Waals surface area contributed by atoms with Crippen molar-refractivity contribution in [2.24, 2.45) is 5.92 Å². The van der Waals surface area contributed by atoms with E-state index < -0.39 is 12.6 Å². The van der Waals surface area contributed by atoms with Gasteiger partial charge >= 0.3 is 12.6 Å². The lowest BCUT2D eigenvalue weighted by atomic mass is 9.89. The average Bonchev–Trinajstić information content (AvgIpc) is 2.97. The van der Waals surface area contributed by atoms with Crippen molar-refractivity contribution in [1.29, 1.82) is 0 Å². The highest BCUT2D eigenvalue weighted by Crippen LogP contribution is 2.42. The monoisotopic (exact) mass is 297 g/mol. The van der Waals surface area contributed by atoms with E-state index in [1.165, 1.54) is 12.1 Å². The van der Waals surface area contributed by atoms with Crippen LogP contribution in [0.1, 0.15) is 24.8 Å². The topological polar surface area (TPSA) is 49.8 Å². The molecular weight excluding hydrogens is 280 g/mol. The molecule has 21 heavy (non-hydrogen) atoms. The summed E-state index contributed by atoms with van der Waals surface area (Å²) in [6.07, 6.45) is 2.68. The van der Waals surface area contributed by atoms with Gasteiger partial charge in [0.15, 0.2) is 0 Å². The lowest BCUT2D eigenvalue weighted by Crippen LogP contribution is -2.32. The van der Waals surface area contributed by atoms with Gasteiger partial charge in [-0.15, -0.1) is 0 Å². The Balaban J connectivity index is 1.66. The molecule has 3 rings (SSSR count). The van der Waals surface area contributed by atoms with Crippen LogP contribution in [-0.2, 0) is 11.3 Å². The number of alkyl halides is 2. The van der Waals surface area contributed by atoms with Gasteiger partial charge in [0, 0.05) is 18.6 Å². The average molecular weight is 297 g/mol. The van der Waals surface area contributed by atoms with Crippen LogP contribution < -0.4 is 4.74 Å². The van der Waals surface area contributed by atoms with Crippen LogP contribution in [0.4, 0.5) is 8.78 Å². The van der Waals surface area contributed by atoms with Gasteiger partial charge in [-0.05, 0) is 37.0 Å². The Kier molecular flexibility index (Phi) is 3.80. The van der Waals surface area contributed by atoms with Crippen LogP contribution in [0.25, 0.3) is 0 Å². The van der Waals surface area contributed by atoms with Crippen molar-refractivity contribution in [2.75, 3.05) is 0 Å². The Labute approximate surface area is 121 Å². The fraction of sp³-hybridized carbons (Fsp3) is 0.533. The van der Waals surface area contributed by atoms with Gasteiger partial charge in [-0.3, -0.25) is 9.69 Å². The van der Waals surface area contributed by atoms with Crippen molar-refractivity contribution in [2.45, 2.75) is 44.5 Å². The molecule has 2 bridgehead atoms. The number of benzene rings is 1. The van der Waals surface area contributed by atoms with Gasteiger partial charge in [-0.25, -0.2) is 0 Å². The largest absolute Gasteiger partial charge is 0.481 e. The number of carbonyl (C=O) groups is 1. The molecule has 2 saturated heterocycles. The molecule has 0 aliphatic carbocycles. The first kappa shape index (κ1) is 14.3. The van der Waals surface area contributed by atoms with Crippen LogP contribution in [-0.4, -0.2) is 34.7 Å². The number of rotatable bonds is 5. The van der Waals surface area contributed by atoms with E-state index >= 15 is 0 Å². The molecule has 2 fully saturated rings. The molecule has 114 valence electrons. The van der Waals surface area contributed by atoms with Crippen LogP contribution in [0, 0.1) is 5.92 Å². The zero-order valence-electron chi connectivity index (χ0n) is 11.4. The molecule has 3 atom stereocenters. The van der Waals surface area contributed by atoms with Crippen LogP contribution in [0.5, 0.6) is 5.75 Å². The maximum atomic E-state index is 12.1. The molecule has 1 N–H and O–H groups in total. The van der Waals surface area contributed by atoms with Gasteiger partial charge in [0.1, 0.15) is 5.75 Å². The Hall–Kier alpha value is -1.69. The highest BCUT2D eigenvalue weighted by atomic mass is 19.3. The first-order valence-corrected chi connectivity index (χ1v) is 7.07. The van der Waals surface area contributed by atoms with E-state index in [4.69, 9.17) is 0 Å². The summed E-state index contributed by atoms with van der Waals surface area (Å²) < 4.78 is 28.5. The number of carboxylic acid groups (broad SMARTS) is 1. The number of halogens is 2. The lowest BCUT2D eigenvalue weighted by molar-refractivity contribution is -0.142. The number of carboxylic acids is 1. The predicted octanol–water partition coefficient (Wildman–Crippen LogP) is 2.73. The van der Waals surface area contributed by atoms with Gasteiger partial charge in [-0.1, -0.05) is 12.1 Å². The molecule has 0 saturated carbocycles. The van der Waals surface area contributed by atoms with Crippen LogP contribution in [0.2, 0.25) is 0 Å². The number of aliphatic carboxylic acids is 1. The molecule has 0 aromatic heterocycles. The summed E-state index contributed by atoms with van der Waals surface area (Å²) in [5.41, 5.74) is 0.986. The number of nitrogens with zero attached hydrogens (tertiary/aromatic N) is 1. The first-order valence-electron chi connectivity index (χ1n) is 7.07. The maximum Gasteiger partial charge on any atom is 0.387 e. The number of hydrogen-bond acceptors (Lipinski definition) is 3. The smallest absolute Gasteiger partial charge is 0.387 e. The fourth-order valence-electron chi connectivity index (χ4n) is 3.60. The van der Waals surface area contributed by atoms with Gasteiger partial charge in [0.2, 0.25) is 0 Å². The van der Waals surface area contributed by atoms with Crippen molar-refractivity contribution in [1.82, 2.24) is 4.90 Å². The second-order valence-electron chi connectivity index (χ2n) is 5.67. The molecule has 3 unspecified atom stereocenters. The van der Waals surface area contributed by atoms with Crippen molar-refractivity contribution < 1.29 is 23.4 Å². The van der Waals surface area contributed by atoms with E-state index in [9.17, 15) is 18.7 Å². The van der Waals surface area contributed by atoms with E-state index in [2.05, 4.69) is 9.64 Å². The molecule has 0 amide bonds. The summed E-state index contributed by atoms with van der Waals surface area (Å²) in [5, 5.41) is 9.23. The van der Waals surface area contributed by atoms with E-state index in [0.29, 0.717) is 19.0 Å². The Morgan fingerprint density at radius 1 is 1.33 bits per heavy atom. The first-order chi connectivity index (χ1) is 10.0. The Morgan fingerprint density at radius 3 is 2.62 bits per heavy atom. The maximum absolute atomic E-state index is 12.1. The minimum absolute atomic E-state index is 0.101. The third-order valence-corrected chi connectivity index (χ3v) is 4.51. The highest BCUT2D eigenvalue weighted by molar-refractivity contribution is 5.71. The zero-order chi connectivity index (χ0) is 15.0. The number of ether oxygens (including phenoxy) is 1. The van der Waals surface area contributed by atoms with Gasteiger partial charge in [0.25, 0.3) is 0 Å². The standard InChI is InChI=1S/C15H17F2NO3/c16-15(17)21-11-4-1-9(2-5-11)8-18-10-3-6-13(18)12(7-10)14(19)20/h1-2,4-5,10,12-13,15H,3,6-8H2,(H,19,20). The highest BCUT2D eigenvalue weighted by Gasteiger charge is 2.48. The molecule has 0 spiro atoms. The van der Waals surface area contributed by atoms with Gasteiger partial charge in [-0.2, -0.15) is 8.78 Å². The van der Waals surface area contributed by atoms with Crippen LogP contribution >= 0.6 is 0 Å². The minimum atomic E-state index is -2.82. The Morgan fingerprint density at radius 2 is 2.05 bits per heavy atom. The molecule has 4 nitrogen and oxygen atoms in total. The molecule has 0 radical (unpaired) electrons. The third-order valence-electron chi connectivity index (χ3n) is 4.51. The second kappa shape index (κ2) is 5.60. The molecule has 1 aromatic carbocycles. The van der Waals surface area contributed by atoms with Crippen molar-refractivity contribution in [3.8, 4) is 5.75 Å². The Bertz CT molecular complexity index is 520. The molecule has 6 heteroatoms. The molecule has 1 aromatic rings. The zero-order valence-corrected chi connectivity index (χ0v) is 11.4. The van der Waals surface area contributed by atoms with Crippen LogP contribution in [0.15, 0.2) is 24.3 Å². The number of fused-ring (bicyclic) bond motifs is 2. The second-order valence-corrected chi connectivity index (χ2v) is 5.67. The van der Waals surface area contributed by atoms with E-state index in [1.54, 1.807) is 12.1 Å². The molecule has 2 aliphatic rings. The minimum Gasteiger partial charge on any atom is -0.481 e. The fourth-order valence-corrected chi connectivity index (χ4v) is 3.60.